The van der Waals surface area contributed by atoms with E-state index >= 15 is 0 Å². The number of hydrogen-bond donors (Lipinski definition) is 0. The standard InChI is InChI=1S/C19H13ClN2O2S/c1-24-15-8-6-14(7-9-15)22-11-21-16-10-17(25-18(16)19(22)23)12-2-4-13(20)5-3-12/h2-11H,1H3. The normalized spacial score (nSPS) is 11.0. The second-order valence-electron chi connectivity index (χ2n) is 5.45. The minimum atomic E-state index is -0.0830. The van der Waals surface area contributed by atoms with Crippen LogP contribution >= 0.6 is 22.9 Å². The first-order valence-electron chi connectivity index (χ1n) is 7.57. The Morgan fingerprint density at radius 1 is 1.08 bits per heavy atom. The summed E-state index contributed by atoms with van der Waals surface area (Å²) in [4.78, 5) is 18.3. The zero-order valence-electron chi connectivity index (χ0n) is 13.3. The van der Waals surface area contributed by atoms with E-state index in [1.807, 2.05) is 54.6 Å². The summed E-state index contributed by atoms with van der Waals surface area (Å²) in [5.74, 6) is 0.743. The number of rotatable bonds is 3. The summed E-state index contributed by atoms with van der Waals surface area (Å²) < 4.78 is 7.33. The molecular weight excluding hydrogens is 356 g/mol. The molecule has 2 aromatic heterocycles. The van der Waals surface area contributed by atoms with Gasteiger partial charge in [-0.1, -0.05) is 23.7 Å². The fourth-order valence-corrected chi connectivity index (χ4v) is 3.77. The number of benzene rings is 2. The first-order valence-corrected chi connectivity index (χ1v) is 8.77. The maximum absolute atomic E-state index is 12.9. The number of halogens is 1. The Balaban J connectivity index is 1.82. The Kier molecular flexibility index (Phi) is 4.03. The van der Waals surface area contributed by atoms with Crippen molar-refractivity contribution in [3.05, 3.63) is 76.3 Å². The molecule has 4 aromatic rings. The van der Waals surface area contributed by atoms with Crippen LogP contribution in [0.5, 0.6) is 5.75 Å². The number of ether oxygens (including phenoxy) is 1. The highest BCUT2D eigenvalue weighted by Gasteiger charge is 2.11. The van der Waals surface area contributed by atoms with Crippen molar-refractivity contribution in [2.75, 3.05) is 7.11 Å². The second-order valence-corrected chi connectivity index (χ2v) is 6.94. The molecule has 25 heavy (non-hydrogen) atoms. The van der Waals surface area contributed by atoms with Gasteiger partial charge in [-0.15, -0.1) is 11.3 Å². The van der Waals surface area contributed by atoms with Crippen LogP contribution in [0.2, 0.25) is 5.02 Å². The highest BCUT2D eigenvalue weighted by Crippen LogP contribution is 2.31. The van der Waals surface area contributed by atoms with E-state index in [0.29, 0.717) is 15.2 Å². The van der Waals surface area contributed by atoms with Gasteiger partial charge in [0.25, 0.3) is 5.56 Å². The van der Waals surface area contributed by atoms with E-state index in [1.165, 1.54) is 11.3 Å². The van der Waals surface area contributed by atoms with E-state index in [1.54, 1.807) is 18.0 Å². The number of nitrogens with zero attached hydrogens (tertiary/aromatic N) is 2. The average Bonchev–Trinajstić information content (AvgIpc) is 3.08. The van der Waals surface area contributed by atoms with Crippen LogP contribution in [0.3, 0.4) is 0 Å². The summed E-state index contributed by atoms with van der Waals surface area (Å²) in [6.07, 6.45) is 1.56. The van der Waals surface area contributed by atoms with Crippen molar-refractivity contribution >= 4 is 33.2 Å². The summed E-state index contributed by atoms with van der Waals surface area (Å²) in [6, 6.07) is 16.8. The van der Waals surface area contributed by atoms with Gasteiger partial charge in [-0.2, -0.15) is 0 Å². The number of fused-ring (bicyclic) bond motifs is 1. The van der Waals surface area contributed by atoms with Crippen LogP contribution in [0.15, 0.2) is 65.7 Å². The molecule has 0 atom stereocenters. The molecule has 4 rings (SSSR count). The Hall–Kier alpha value is -2.63. The Morgan fingerprint density at radius 3 is 2.48 bits per heavy atom. The number of thiophene rings is 1. The van der Waals surface area contributed by atoms with Crippen molar-refractivity contribution in [2.45, 2.75) is 0 Å². The summed E-state index contributed by atoms with van der Waals surface area (Å²) in [5.41, 5.74) is 2.38. The third-order valence-electron chi connectivity index (χ3n) is 3.92. The predicted octanol–water partition coefficient (Wildman–Crippen LogP) is 4.78. The van der Waals surface area contributed by atoms with Gasteiger partial charge < -0.3 is 4.74 Å². The van der Waals surface area contributed by atoms with Crippen LogP contribution < -0.4 is 10.3 Å². The molecule has 0 aliphatic heterocycles. The molecule has 0 aliphatic carbocycles. The smallest absolute Gasteiger partial charge is 0.275 e. The molecule has 2 heterocycles. The fourth-order valence-electron chi connectivity index (χ4n) is 2.60. The van der Waals surface area contributed by atoms with E-state index in [0.717, 1.165) is 21.9 Å². The maximum atomic E-state index is 12.9. The lowest BCUT2D eigenvalue weighted by atomic mass is 10.2. The van der Waals surface area contributed by atoms with Gasteiger partial charge in [-0.25, -0.2) is 4.98 Å². The molecule has 0 N–H and O–H groups in total. The quantitative estimate of drug-likeness (QED) is 0.523. The molecule has 124 valence electrons. The van der Waals surface area contributed by atoms with Crippen LogP contribution in [-0.2, 0) is 0 Å². The van der Waals surface area contributed by atoms with Crippen LogP contribution in [-0.4, -0.2) is 16.7 Å². The van der Waals surface area contributed by atoms with Crippen molar-refractivity contribution in [1.29, 1.82) is 0 Å². The van der Waals surface area contributed by atoms with Crippen molar-refractivity contribution in [3.8, 4) is 21.9 Å². The largest absolute Gasteiger partial charge is 0.497 e. The monoisotopic (exact) mass is 368 g/mol. The molecule has 2 aromatic carbocycles. The molecule has 0 spiro atoms. The van der Waals surface area contributed by atoms with E-state index in [2.05, 4.69) is 4.98 Å². The molecule has 4 nitrogen and oxygen atoms in total. The van der Waals surface area contributed by atoms with Crippen LogP contribution in [0.25, 0.3) is 26.3 Å². The van der Waals surface area contributed by atoms with Gasteiger partial charge in [0.1, 0.15) is 16.8 Å². The van der Waals surface area contributed by atoms with Crippen molar-refractivity contribution in [3.63, 3.8) is 0 Å². The van der Waals surface area contributed by atoms with Gasteiger partial charge >= 0.3 is 0 Å². The maximum Gasteiger partial charge on any atom is 0.275 e. The molecule has 0 amide bonds. The molecule has 0 fully saturated rings. The predicted molar refractivity (Wildman–Crippen MR) is 102 cm³/mol. The highest BCUT2D eigenvalue weighted by atomic mass is 35.5. The summed E-state index contributed by atoms with van der Waals surface area (Å²) in [5, 5.41) is 0.685. The first kappa shape index (κ1) is 15.9. The highest BCUT2D eigenvalue weighted by molar-refractivity contribution is 7.22. The molecule has 0 saturated heterocycles. The third kappa shape index (κ3) is 2.92. The Bertz CT molecular complexity index is 1100. The molecule has 0 unspecified atom stereocenters. The van der Waals surface area contributed by atoms with Gasteiger partial charge in [-0.3, -0.25) is 9.36 Å². The minimum absolute atomic E-state index is 0.0830. The van der Waals surface area contributed by atoms with Crippen molar-refractivity contribution in [2.24, 2.45) is 0 Å². The van der Waals surface area contributed by atoms with Crippen LogP contribution in [0, 0.1) is 0 Å². The lowest BCUT2D eigenvalue weighted by molar-refractivity contribution is 0.414. The molecule has 0 saturated carbocycles. The van der Waals surface area contributed by atoms with Gasteiger partial charge in [0.15, 0.2) is 0 Å². The molecule has 0 radical (unpaired) electrons. The van der Waals surface area contributed by atoms with Gasteiger partial charge in [0, 0.05) is 9.90 Å². The van der Waals surface area contributed by atoms with Crippen LogP contribution in [0.1, 0.15) is 0 Å². The SMILES string of the molecule is COc1ccc(-n2cnc3cc(-c4ccc(Cl)cc4)sc3c2=O)cc1. The Labute approximate surface area is 152 Å². The Morgan fingerprint density at radius 2 is 1.80 bits per heavy atom. The topological polar surface area (TPSA) is 44.1 Å². The minimum Gasteiger partial charge on any atom is -0.497 e. The molecule has 6 heteroatoms. The van der Waals surface area contributed by atoms with Gasteiger partial charge in [-0.05, 0) is 48.0 Å². The summed E-state index contributed by atoms with van der Waals surface area (Å²) >= 11 is 7.38. The average molecular weight is 369 g/mol. The lowest BCUT2D eigenvalue weighted by Crippen LogP contribution is -2.17. The number of aromatic nitrogens is 2. The molecule has 0 aliphatic rings. The summed E-state index contributed by atoms with van der Waals surface area (Å²) in [7, 11) is 1.61. The van der Waals surface area contributed by atoms with E-state index in [-0.39, 0.29) is 5.56 Å². The van der Waals surface area contributed by atoms with E-state index < -0.39 is 0 Å². The van der Waals surface area contributed by atoms with Gasteiger partial charge in [0.05, 0.1) is 18.3 Å². The zero-order valence-corrected chi connectivity index (χ0v) is 14.8. The van der Waals surface area contributed by atoms with E-state index in [4.69, 9.17) is 16.3 Å². The third-order valence-corrected chi connectivity index (χ3v) is 5.33. The van der Waals surface area contributed by atoms with E-state index in [9.17, 15) is 4.79 Å². The first-order chi connectivity index (χ1) is 12.2. The number of hydrogen-bond acceptors (Lipinski definition) is 4. The number of methoxy groups -OCH3 is 1. The van der Waals surface area contributed by atoms with Gasteiger partial charge in [0.2, 0.25) is 0 Å². The molecular formula is C19H13ClN2O2S. The van der Waals surface area contributed by atoms with Crippen molar-refractivity contribution < 1.29 is 4.74 Å². The second kappa shape index (κ2) is 6.35. The molecule has 0 bridgehead atoms. The lowest BCUT2D eigenvalue weighted by Gasteiger charge is -2.06. The summed E-state index contributed by atoms with van der Waals surface area (Å²) in [6.45, 7) is 0. The van der Waals surface area contributed by atoms with Crippen LogP contribution in [0.4, 0.5) is 0 Å². The van der Waals surface area contributed by atoms with Crippen molar-refractivity contribution in [1.82, 2.24) is 9.55 Å². The zero-order chi connectivity index (χ0) is 17.4. The fraction of sp³-hybridized carbons (Fsp3) is 0.0526.